The van der Waals surface area contributed by atoms with E-state index >= 15 is 0 Å². The van der Waals surface area contributed by atoms with Gasteiger partial charge in [-0.25, -0.2) is 0 Å². The van der Waals surface area contributed by atoms with Crippen molar-refractivity contribution in [2.24, 2.45) is 0 Å². The number of thiophene rings is 1. The summed E-state index contributed by atoms with van der Waals surface area (Å²) < 4.78 is 0. The molecule has 19 heavy (non-hydrogen) atoms. The average Bonchev–Trinajstić information content (AvgIpc) is 2.76. The molecule has 0 fully saturated rings. The number of carbonyl (C=O) groups excluding carboxylic acids is 1. The third-order valence-electron chi connectivity index (χ3n) is 2.59. The van der Waals surface area contributed by atoms with Crippen molar-refractivity contribution < 1.29 is 4.79 Å². The van der Waals surface area contributed by atoms with Crippen LogP contribution in [0.3, 0.4) is 0 Å². The maximum Gasteiger partial charge on any atom is 0.221 e. The quantitative estimate of drug-likeness (QED) is 0.882. The van der Waals surface area contributed by atoms with Gasteiger partial charge in [0, 0.05) is 30.6 Å². The SMILES string of the molecule is CC(=O)Nc1ccsc1CNCc1cccc(C)n1. The van der Waals surface area contributed by atoms with Crippen LogP contribution in [0.25, 0.3) is 0 Å². The van der Waals surface area contributed by atoms with Gasteiger partial charge in [-0.05, 0) is 30.5 Å². The molecule has 100 valence electrons. The van der Waals surface area contributed by atoms with E-state index in [0.717, 1.165) is 35.0 Å². The number of amides is 1. The molecule has 0 saturated heterocycles. The Kier molecular flexibility index (Phi) is 4.65. The van der Waals surface area contributed by atoms with Crippen LogP contribution in [0.15, 0.2) is 29.6 Å². The van der Waals surface area contributed by atoms with E-state index in [2.05, 4.69) is 15.6 Å². The first-order valence-corrected chi connectivity index (χ1v) is 7.00. The number of aryl methyl sites for hydroxylation is 1. The normalized spacial score (nSPS) is 10.4. The number of carbonyl (C=O) groups is 1. The van der Waals surface area contributed by atoms with Crippen molar-refractivity contribution >= 4 is 22.9 Å². The van der Waals surface area contributed by atoms with E-state index in [1.165, 1.54) is 6.92 Å². The summed E-state index contributed by atoms with van der Waals surface area (Å²) in [7, 11) is 0. The van der Waals surface area contributed by atoms with Gasteiger partial charge in [-0.1, -0.05) is 6.07 Å². The number of hydrogen-bond donors (Lipinski definition) is 2. The molecule has 1 amide bonds. The Hall–Kier alpha value is -1.72. The van der Waals surface area contributed by atoms with Crippen LogP contribution in [0.5, 0.6) is 0 Å². The lowest BCUT2D eigenvalue weighted by Crippen LogP contribution is -2.15. The van der Waals surface area contributed by atoms with E-state index in [1.54, 1.807) is 11.3 Å². The van der Waals surface area contributed by atoms with E-state index in [9.17, 15) is 4.79 Å². The first-order valence-electron chi connectivity index (χ1n) is 6.12. The lowest BCUT2D eigenvalue weighted by atomic mass is 10.3. The number of hydrogen-bond acceptors (Lipinski definition) is 4. The molecule has 0 spiro atoms. The maximum atomic E-state index is 11.1. The second kappa shape index (κ2) is 6.45. The number of anilines is 1. The highest BCUT2D eigenvalue weighted by Crippen LogP contribution is 2.22. The lowest BCUT2D eigenvalue weighted by molar-refractivity contribution is -0.114. The van der Waals surface area contributed by atoms with Crippen molar-refractivity contribution in [3.05, 3.63) is 45.9 Å². The monoisotopic (exact) mass is 275 g/mol. The van der Waals surface area contributed by atoms with Crippen LogP contribution < -0.4 is 10.6 Å². The van der Waals surface area contributed by atoms with Gasteiger partial charge in [0.1, 0.15) is 0 Å². The third-order valence-corrected chi connectivity index (χ3v) is 3.51. The number of pyridine rings is 1. The van der Waals surface area contributed by atoms with E-state index < -0.39 is 0 Å². The summed E-state index contributed by atoms with van der Waals surface area (Å²) in [4.78, 5) is 16.6. The van der Waals surface area contributed by atoms with E-state index in [-0.39, 0.29) is 5.91 Å². The van der Waals surface area contributed by atoms with Gasteiger partial charge < -0.3 is 10.6 Å². The van der Waals surface area contributed by atoms with Crippen molar-refractivity contribution in [1.29, 1.82) is 0 Å². The van der Waals surface area contributed by atoms with Gasteiger partial charge in [0.25, 0.3) is 0 Å². The Balaban J connectivity index is 1.89. The largest absolute Gasteiger partial charge is 0.325 e. The molecule has 2 aromatic rings. The zero-order valence-corrected chi connectivity index (χ0v) is 11.9. The molecule has 2 heterocycles. The minimum absolute atomic E-state index is 0.0417. The molecule has 4 nitrogen and oxygen atoms in total. The topological polar surface area (TPSA) is 54.0 Å². The number of aromatic nitrogens is 1. The first-order chi connectivity index (χ1) is 9.15. The molecule has 0 bridgehead atoms. The zero-order valence-electron chi connectivity index (χ0n) is 11.1. The van der Waals surface area contributed by atoms with Gasteiger partial charge >= 0.3 is 0 Å². The first kappa shape index (κ1) is 13.7. The van der Waals surface area contributed by atoms with E-state index in [0.29, 0.717) is 0 Å². The van der Waals surface area contributed by atoms with Gasteiger partial charge in [0.2, 0.25) is 5.91 Å². The highest BCUT2D eigenvalue weighted by Gasteiger charge is 2.05. The number of rotatable bonds is 5. The summed E-state index contributed by atoms with van der Waals surface area (Å²) in [6.45, 7) is 4.95. The molecular weight excluding hydrogens is 258 g/mol. The van der Waals surface area contributed by atoms with Crippen LogP contribution in [0, 0.1) is 6.92 Å². The van der Waals surface area contributed by atoms with Crippen LogP contribution in [0.2, 0.25) is 0 Å². The van der Waals surface area contributed by atoms with Crippen molar-refractivity contribution in [3.63, 3.8) is 0 Å². The van der Waals surface area contributed by atoms with Crippen molar-refractivity contribution in [2.75, 3.05) is 5.32 Å². The van der Waals surface area contributed by atoms with Gasteiger partial charge in [-0.2, -0.15) is 0 Å². The smallest absolute Gasteiger partial charge is 0.221 e. The summed E-state index contributed by atoms with van der Waals surface area (Å²) in [5, 5.41) is 8.15. The van der Waals surface area contributed by atoms with E-state index in [4.69, 9.17) is 0 Å². The van der Waals surface area contributed by atoms with Crippen LogP contribution >= 0.6 is 11.3 Å². The van der Waals surface area contributed by atoms with Crippen molar-refractivity contribution in [1.82, 2.24) is 10.3 Å². The van der Waals surface area contributed by atoms with Gasteiger partial charge in [0.05, 0.1) is 11.4 Å². The molecule has 2 rings (SSSR count). The standard InChI is InChI=1S/C14H17N3OS/c1-10-4-3-5-12(16-10)8-15-9-14-13(6-7-19-14)17-11(2)18/h3-7,15H,8-9H2,1-2H3,(H,17,18). The highest BCUT2D eigenvalue weighted by atomic mass is 32.1. The Morgan fingerprint density at radius 1 is 1.32 bits per heavy atom. The Morgan fingerprint density at radius 3 is 2.89 bits per heavy atom. The van der Waals surface area contributed by atoms with Gasteiger partial charge in [-0.15, -0.1) is 11.3 Å². The second-order valence-corrected chi connectivity index (χ2v) is 5.31. The molecule has 5 heteroatoms. The number of nitrogens with zero attached hydrogens (tertiary/aromatic N) is 1. The summed E-state index contributed by atoms with van der Waals surface area (Å²) >= 11 is 1.63. The summed E-state index contributed by atoms with van der Waals surface area (Å²) in [5.74, 6) is -0.0417. The van der Waals surface area contributed by atoms with Crippen LogP contribution in [0.1, 0.15) is 23.2 Å². The highest BCUT2D eigenvalue weighted by molar-refractivity contribution is 7.10. The molecule has 0 aromatic carbocycles. The predicted octanol–water partition coefficient (Wildman–Crippen LogP) is 2.70. The number of nitrogens with one attached hydrogen (secondary N) is 2. The molecule has 2 N–H and O–H groups in total. The predicted molar refractivity (Wildman–Crippen MR) is 78.1 cm³/mol. The van der Waals surface area contributed by atoms with Crippen LogP contribution in [-0.2, 0) is 17.9 Å². The molecule has 0 radical (unpaired) electrons. The van der Waals surface area contributed by atoms with Crippen LogP contribution in [-0.4, -0.2) is 10.9 Å². The fourth-order valence-electron chi connectivity index (χ4n) is 1.78. The van der Waals surface area contributed by atoms with Crippen molar-refractivity contribution in [2.45, 2.75) is 26.9 Å². The Bertz CT molecular complexity index is 565. The molecule has 0 aliphatic heterocycles. The summed E-state index contributed by atoms with van der Waals surface area (Å²) in [6, 6.07) is 7.92. The van der Waals surface area contributed by atoms with E-state index in [1.807, 2.05) is 36.6 Å². The summed E-state index contributed by atoms with van der Waals surface area (Å²) in [6.07, 6.45) is 0. The molecule has 0 aliphatic rings. The van der Waals surface area contributed by atoms with Crippen LogP contribution in [0.4, 0.5) is 5.69 Å². The summed E-state index contributed by atoms with van der Waals surface area (Å²) in [5.41, 5.74) is 2.94. The molecular formula is C14H17N3OS. The lowest BCUT2D eigenvalue weighted by Gasteiger charge is -2.06. The van der Waals surface area contributed by atoms with Gasteiger partial charge in [-0.3, -0.25) is 9.78 Å². The Labute approximate surface area is 116 Å². The van der Waals surface area contributed by atoms with Crippen molar-refractivity contribution in [3.8, 4) is 0 Å². The third kappa shape index (κ3) is 4.15. The molecule has 0 saturated carbocycles. The molecule has 0 aliphatic carbocycles. The van der Waals surface area contributed by atoms with Gasteiger partial charge in [0.15, 0.2) is 0 Å². The maximum absolute atomic E-state index is 11.1. The fourth-order valence-corrected chi connectivity index (χ4v) is 2.58. The molecule has 0 unspecified atom stereocenters. The average molecular weight is 275 g/mol. The zero-order chi connectivity index (χ0) is 13.7. The Morgan fingerprint density at radius 2 is 2.16 bits per heavy atom. The second-order valence-electron chi connectivity index (χ2n) is 4.31. The minimum atomic E-state index is -0.0417. The molecule has 0 atom stereocenters. The fraction of sp³-hybridized carbons (Fsp3) is 0.286. The minimum Gasteiger partial charge on any atom is -0.325 e. The molecule has 2 aromatic heterocycles.